The molecular formula is C9H13N3. The van der Waals surface area contributed by atoms with Gasteiger partial charge in [0.05, 0.1) is 11.9 Å². The molecule has 0 bridgehead atoms. The van der Waals surface area contributed by atoms with Gasteiger partial charge >= 0.3 is 0 Å². The summed E-state index contributed by atoms with van der Waals surface area (Å²) in [5.74, 6) is 0.528. The van der Waals surface area contributed by atoms with E-state index in [0.29, 0.717) is 5.92 Å². The number of H-pyrrole nitrogens is 1. The average molecular weight is 163 g/mol. The van der Waals surface area contributed by atoms with Gasteiger partial charge in [-0.2, -0.15) is 0 Å². The highest BCUT2D eigenvalue weighted by atomic mass is 15.3. The molecule has 2 heterocycles. The Hall–Kier alpha value is -1.25. The van der Waals surface area contributed by atoms with E-state index in [1.54, 1.807) is 0 Å². The quantitative estimate of drug-likeness (QED) is 0.686. The number of aromatic nitrogens is 3. The van der Waals surface area contributed by atoms with Crippen molar-refractivity contribution >= 4 is 5.65 Å². The number of aromatic amines is 1. The zero-order valence-electron chi connectivity index (χ0n) is 7.63. The van der Waals surface area contributed by atoms with Gasteiger partial charge in [0.25, 0.3) is 0 Å². The van der Waals surface area contributed by atoms with Crippen molar-refractivity contribution in [1.82, 2.24) is 14.6 Å². The normalized spacial score (nSPS) is 11.7. The lowest BCUT2D eigenvalue weighted by Crippen LogP contribution is -1.86. The van der Waals surface area contributed by atoms with Gasteiger partial charge in [-0.15, -0.1) is 0 Å². The Balaban J connectivity index is 2.71. The Morgan fingerprint density at radius 3 is 2.92 bits per heavy atom. The second-order valence-electron chi connectivity index (χ2n) is 3.44. The van der Waals surface area contributed by atoms with Crippen LogP contribution in [0.25, 0.3) is 5.65 Å². The summed E-state index contributed by atoms with van der Waals surface area (Å²) in [7, 11) is 0. The summed E-state index contributed by atoms with van der Waals surface area (Å²) in [6, 6.07) is 0. The van der Waals surface area contributed by atoms with Gasteiger partial charge in [0.2, 0.25) is 0 Å². The Morgan fingerprint density at radius 2 is 2.25 bits per heavy atom. The van der Waals surface area contributed by atoms with Gasteiger partial charge in [-0.1, -0.05) is 13.8 Å². The molecule has 2 aromatic heterocycles. The fourth-order valence-electron chi connectivity index (χ4n) is 1.43. The smallest absolute Gasteiger partial charge is 0.156 e. The molecule has 12 heavy (non-hydrogen) atoms. The number of hydrogen-bond donors (Lipinski definition) is 1. The summed E-state index contributed by atoms with van der Waals surface area (Å²) in [4.78, 5) is 4.33. The van der Waals surface area contributed by atoms with Gasteiger partial charge < -0.3 is 0 Å². The molecule has 3 nitrogen and oxygen atoms in total. The highest BCUT2D eigenvalue weighted by Crippen LogP contribution is 2.19. The van der Waals surface area contributed by atoms with Crippen molar-refractivity contribution in [2.24, 2.45) is 0 Å². The van der Waals surface area contributed by atoms with E-state index in [4.69, 9.17) is 0 Å². The van der Waals surface area contributed by atoms with E-state index in [1.165, 1.54) is 5.56 Å². The van der Waals surface area contributed by atoms with Gasteiger partial charge in [-0.05, 0) is 12.8 Å². The van der Waals surface area contributed by atoms with E-state index < -0.39 is 0 Å². The first kappa shape index (κ1) is 7.40. The standard InChI is InChI=1S/C9H13N3/c1-6(2)8-5-11-12-7(3)4-10-9(8)12/h4-6,11H,1-3H3. The van der Waals surface area contributed by atoms with Crippen molar-refractivity contribution < 1.29 is 0 Å². The lowest BCUT2D eigenvalue weighted by atomic mass is 10.1. The first-order chi connectivity index (χ1) is 5.70. The van der Waals surface area contributed by atoms with Gasteiger partial charge in [-0.3, -0.25) is 5.10 Å². The van der Waals surface area contributed by atoms with Crippen molar-refractivity contribution in [3.8, 4) is 0 Å². The Labute approximate surface area is 71.4 Å². The molecule has 0 fully saturated rings. The van der Waals surface area contributed by atoms with E-state index in [-0.39, 0.29) is 0 Å². The Morgan fingerprint density at radius 1 is 1.50 bits per heavy atom. The third-order valence-electron chi connectivity index (χ3n) is 2.17. The zero-order chi connectivity index (χ0) is 8.72. The van der Waals surface area contributed by atoms with Gasteiger partial charge in [-0.25, -0.2) is 9.50 Å². The predicted molar refractivity (Wildman–Crippen MR) is 48.4 cm³/mol. The number of rotatable bonds is 1. The molecule has 0 aliphatic carbocycles. The van der Waals surface area contributed by atoms with Gasteiger partial charge in [0.1, 0.15) is 0 Å². The zero-order valence-corrected chi connectivity index (χ0v) is 7.63. The maximum Gasteiger partial charge on any atom is 0.156 e. The number of imidazole rings is 1. The van der Waals surface area contributed by atoms with Crippen LogP contribution in [0.3, 0.4) is 0 Å². The summed E-state index contributed by atoms with van der Waals surface area (Å²) >= 11 is 0. The van der Waals surface area contributed by atoms with Crippen LogP contribution in [0.2, 0.25) is 0 Å². The number of aryl methyl sites for hydroxylation is 1. The molecule has 2 rings (SSSR count). The minimum Gasteiger partial charge on any atom is -0.300 e. The van der Waals surface area contributed by atoms with Crippen molar-refractivity contribution in [1.29, 1.82) is 0 Å². The van der Waals surface area contributed by atoms with E-state index in [0.717, 1.165) is 11.3 Å². The maximum absolute atomic E-state index is 4.33. The number of nitrogens with zero attached hydrogens (tertiary/aromatic N) is 2. The van der Waals surface area contributed by atoms with Crippen molar-refractivity contribution in [3.63, 3.8) is 0 Å². The third kappa shape index (κ3) is 0.858. The van der Waals surface area contributed by atoms with Crippen LogP contribution < -0.4 is 0 Å². The number of hydrogen-bond acceptors (Lipinski definition) is 1. The van der Waals surface area contributed by atoms with Crippen LogP contribution in [0.5, 0.6) is 0 Å². The molecular weight excluding hydrogens is 150 g/mol. The highest BCUT2D eigenvalue weighted by molar-refractivity contribution is 5.49. The van der Waals surface area contributed by atoms with Crippen LogP contribution in [-0.4, -0.2) is 14.6 Å². The number of fused-ring (bicyclic) bond motifs is 1. The molecule has 0 unspecified atom stereocenters. The molecule has 0 saturated heterocycles. The predicted octanol–water partition coefficient (Wildman–Crippen LogP) is 2.09. The molecule has 0 saturated carbocycles. The first-order valence-electron chi connectivity index (χ1n) is 4.21. The monoisotopic (exact) mass is 163 g/mol. The minimum atomic E-state index is 0.528. The average Bonchev–Trinajstić information content (AvgIpc) is 2.53. The fraction of sp³-hybridized carbons (Fsp3) is 0.444. The van der Waals surface area contributed by atoms with E-state index >= 15 is 0 Å². The molecule has 0 amide bonds. The highest BCUT2D eigenvalue weighted by Gasteiger charge is 2.09. The second kappa shape index (κ2) is 2.37. The molecule has 2 aromatic rings. The molecule has 1 N–H and O–H groups in total. The molecule has 0 radical (unpaired) electrons. The van der Waals surface area contributed by atoms with Crippen LogP contribution in [0, 0.1) is 6.92 Å². The van der Waals surface area contributed by atoms with Gasteiger partial charge in [0, 0.05) is 11.8 Å². The second-order valence-corrected chi connectivity index (χ2v) is 3.44. The molecule has 0 atom stereocenters. The number of nitrogens with one attached hydrogen (secondary N) is 1. The summed E-state index contributed by atoms with van der Waals surface area (Å²) in [5.41, 5.74) is 3.49. The molecule has 3 heteroatoms. The molecule has 0 aromatic carbocycles. The summed E-state index contributed by atoms with van der Waals surface area (Å²) in [6.45, 7) is 6.39. The van der Waals surface area contributed by atoms with Crippen molar-refractivity contribution in [3.05, 3.63) is 23.7 Å². The summed E-state index contributed by atoms with van der Waals surface area (Å²) in [5, 5.41) is 3.17. The molecule has 0 aliphatic heterocycles. The van der Waals surface area contributed by atoms with E-state index in [9.17, 15) is 0 Å². The largest absolute Gasteiger partial charge is 0.300 e. The first-order valence-corrected chi connectivity index (χ1v) is 4.21. The topological polar surface area (TPSA) is 33.1 Å². The molecule has 0 spiro atoms. The molecule has 64 valence electrons. The van der Waals surface area contributed by atoms with Crippen molar-refractivity contribution in [2.75, 3.05) is 0 Å². The summed E-state index contributed by atoms with van der Waals surface area (Å²) in [6.07, 6.45) is 3.91. The Kier molecular flexibility index (Phi) is 1.46. The van der Waals surface area contributed by atoms with Gasteiger partial charge in [0.15, 0.2) is 5.65 Å². The van der Waals surface area contributed by atoms with Crippen LogP contribution in [-0.2, 0) is 0 Å². The SMILES string of the molecule is Cc1cnc2c(C(C)C)c[nH]n12. The lowest BCUT2D eigenvalue weighted by molar-refractivity contribution is 0.873. The lowest BCUT2D eigenvalue weighted by Gasteiger charge is -1.97. The van der Waals surface area contributed by atoms with Crippen LogP contribution in [0.4, 0.5) is 0 Å². The van der Waals surface area contributed by atoms with Crippen LogP contribution in [0.1, 0.15) is 31.0 Å². The van der Waals surface area contributed by atoms with E-state index in [2.05, 4.69) is 23.9 Å². The minimum absolute atomic E-state index is 0.528. The third-order valence-corrected chi connectivity index (χ3v) is 2.17. The van der Waals surface area contributed by atoms with E-state index in [1.807, 2.05) is 23.8 Å². The fourth-order valence-corrected chi connectivity index (χ4v) is 1.43. The molecule has 0 aliphatic rings. The maximum atomic E-state index is 4.33. The van der Waals surface area contributed by atoms with Crippen LogP contribution >= 0.6 is 0 Å². The van der Waals surface area contributed by atoms with Crippen LogP contribution in [0.15, 0.2) is 12.4 Å². The Bertz CT molecular complexity index is 395. The summed E-state index contributed by atoms with van der Waals surface area (Å²) < 4.78 is 2.01. The van der Waals surface area contributed by atoms with Crippen molar-refractivity contribution in [2.45, 2.75) is 26.7 Å².